The van der Waals surface area contributed by atoms with Crippen molar-refractivity contribution in [1.29, 1.82) is 0 Å². The highest BCUT2D eigenvalue weighted by Gasteiger charge is 2.19. The van der Waals surface area contributed by atoms with E-state index in [9.17, 15) is 5.11 Å². The Morgan fingerprint density at radius 1 is 1.44 bits per heavy atom. The Kier molecular flexibility index (Phi) is 2.71. The summed E-state index contributed by atoms with van der Waals surface area (Å²) in [6.07, 6.45) is 2.91. The minimum Gasteiger partial charge on any atom is -0.393 e. The van der Waals surface area contributed by atoms with E-state index in [4.69, 9.17) is 5.11 Å². The Hall–Kier alpha value is -1.73. The van der Waals surface area contributed by atoms with Crippen LogP contribution >= 0.6 is 0 Å². The van der Waals surface area contributed by atoms with E-state index >= 15 is 0 Å². The molecule has 0 spiro atoms. The van der Waals surface area contributed by atoms with Crippen LogP contribution in [0.3, 0.4) is 0 Å². The summed E-state index contributed by atoms with van der Waals surface area (Å²) in [7, 11) is 0. The highest BCUT2D eigenvalue weighted by molar-refractivity contribution is 5.81. The number of H-pyrrole nitrogens is 1. The van der Waals surface area contributed by atoms with Gasteiger partial charge >= 0.3 is 0 Å². The van der Waals surface area contributed by atoms with Gasteiger partial charge < -0.3 is 20.5 Å². The summed E-state index contributed by atoms with van der Waals surface area (Å²) in [5.74, 6) is 0.552. The molecule has 2 aromatic rings. The third-order valence-electron chi connectivity index (χ3n) is 2.20. The SMILES string of the molecule is CC(O)(CO)CNc1ncnc2nc[nH]c12. The largest absolute Gasteiger partial charge is 0.393 e. The number of imidazole rings is 1. The molecule has 0 aromatic carbocycles. The molecule has 4 N–H and O–H groups in total. The molecule has 0 aliphatic heterocycles. The first-order valence-corrected chi connectivity index (χ1v) is 4.83. The average molecular weight is 223 g/mol. The first-order valence-electron chi connectivity index (χ1n) is 4.83. The maximum absolute atomic E-state index is 9.63. The third kappa shape index (κ3) is 2.10. The van der Waals surface area contributed by atoms with Crippen molar-refractivity contribution < 1.29 is 10.2 Å². The van der Waals surface area contributed by atoms with E-state index in [2.05, 4.69) is 25.3 Å². The van der Waals surface area contributed by atoms with E-state index in [1.807, 2.05) is 0 Å². The van der Waals surface area contributed by atoms with Crippen molar-refractivity contribution in [2.75, 3.05) is 18.5 Å². The highest BCUT2D eigenvalue weighted by atomic mass is 16.3. The summed E-state index contributed by atoms with van der Waals surface area (Å²) in [6.45, 7) is 1.40. The summed E-state index contributed by atoms with van der Waals surface area (Å²) in [6, 6.07) is 0. The van der Waals surface area contributed by atoms with Gasteiger partial charge in [0.05, 0.1) is 12.9 Å². The molecule has 86 valence electrons. The number of hydrogen-bond acceptors (Lipinski definition) is 6. The van der Waals surface area contributed by atoms with Crippen molar-refractivity contribution >= 4 is 17.0 Å². The van der Waals surface area contributed by atoms with Crippen molar-refractivity contribution in [3.05, 3.63) is 12.7 Å². The first kappa shape index (κ1) is 10.8. The molecule has 0 saturated heterocycles. The van der Waals surface area contributed by atoms with Gasteiger partial charge in [-0.05, 0) is 6.92 Å². The molecule has 0 fully saturated rings. The fraction of sp³-hybridized carbons (Fsp3) is 0.444. The second kappa shape index (κ2) is 4.03. The molecule has 0 saturated carbocycles. The maximum Gasteiger partial charge on any atom is 0.182 e. The van der Waals surface area contributed by atoms with Crippen molar-refractivity contribution in [2.45, 2.75) is 12.5 Å². The number of aliphatic hydroxyl groups is 2. The van der Waals surface area contributed by atoms with Gasteiger partial charge in [-0.1, -0.05) is 0 Å². The van der Waals surface area contributed by atoms with Gasteiger partial charge in [-0.25, -0.2) is 15.0 Å². The van der Waals surface area contributed by atoms with Crippen LogP contribution in [-0.2, 0) is 0 Å². The fourth-order valence-electron chi connectivity index (χ4n) is 1.23. The summed E-state index contributed by atoms with van der Waals surface area (Å²) < 4.78 is 0. The van der Waals surface area contributed by atoms with E-state index in [1.165, 1.54) is 19.6 Å². The Bertz CT molecular complexity index is 481. The second-order valence-corrected chi connectivity index (χ2v) is 3.83. The van der Waals surface area contributed by atoms with Gasteiger partial charge in [-0.15, -0.1) is 0 Å². The molecule has 1 atom stereocenters. The topological polar surface area (TPSA) is 107 Å². The predicted octanol–water partition coefficient (Wildman–Crippen LogP) is -0.492. The molecule has 0 radical (unpaired) electrons. The molecule has 0 amide bonds. The number of nitrogens with zero attached hydrogens (tertiary/aromatic N) is 3. The number of anilines is 1. The van der Waals surface area contributed by atoms with Crippen molar-refractivity contribution in [3.8, 4) is 0 Å². The Balaban J connectivity index is 2.18. The normalized spacial score (nSPS) is 14.9. The molecule has 0 bridgehead atoms. The Morgan fingerprint density at radius 2 is 2.25 bits per heavy atom. The molecule has 7 nitrogen and oxygen atoms in total. The van der Waals surface area contributed by atoms with Crippen LogP contribution in [0.25, 0.3) is 11.2 Å². The number of aromatic nitrogens is 4. The quantitative estimate of drug-likeness (QED) is 0.557. The van der Waals surface area contributed by atoms with Crippen LogP contribution in [0.15, 0.2) is 12.7 Å². The minimum atomic E-state index is -1.18. The lowest BCUT2D eigenvalue weighted by Gasteiger charge is -2.20. The zero-order chi connectivity index (χ0) is 11.6. The summed E-state index contributed by atoms with van der Waals surface area (Å²) in [4.78, 5) is 14.9. The zero-order valence-corrected chi connectivity index (χ0v) is 8.80. The lowest BCUT2D eigenvalue weighted by molar-refractivity contribution is 0.0132. The average Bonchev–Trinajstić information content (AvgIpc) is 2.75. The van der Waals surface area contributed by atoms with Gasteiger partial charge in [0.25, 0.3) is 0 Å². The van der Waals surface area contributed by atoms with E-state index in [-0.39, 0.29) is 13.2 Å². The Labute approximate surface area is 91.6 Å². The van der Waals surface area contributed by atoms with Gasteiger partial charge in [0.2, 0.25) is 0 Å². The standard InChI is InChI=1S/C9H13N5O2/c1-9(16,3-15)2-10-7-6-8(12-4-11-6)14-5-13-7/h4-5,15-16H,2-3H2,1H3,(H2,10,11,12,13,14). The number of nitrogens with one attached hydrogen (secondary N) is 2. The number of aromatic amines is 1. The molecule has 1 unspecified atom stereocenters. The monoisotopic (exact) mass is 223 g/mol. The third-order valence-corrected chi connectivity index (χ3v) is 2.20. The van der Waals surface area contributed by atoms with E-state index in [1.54, 1.807) is 0 Å². The second-order valence-electron chi connectivity index (χ2n) is 3.83. The number of rotatable bonds is 4. The highest BCUT2D eigenvalue weighted by Crippen LogP contribution is 2.15. The van der Waals surface area contributed by atoms with Gasteiger partial charge in [-0.2, -0.15) is 0 Å². The van der Waals surface area contributed by atoms with Crippen molar-refractivity contribution in [3.63, 3.8) is 0 Å². The van der Waals surface area contributed by atoms with E-state index in [0.717, 1.165) is 0 Å². The van der Waals surface area contributed by atoms with Crippen LogP contribution < -0.4 is 5.32 Å². The number of fused-ring (bicyclic) bond motifs is 1. The van der Waals surface area contributed by atoms with Gasteiger partial charge in [0.15, 0.2) is 11.5 Å². The van der Waals surface area contributed by atoms with Crippen LogP contribution in [0.5, 0.6) is 0 Å². The molecule has 0 aliphatic carbocycles. The molecule has 2 heterocycles. The van der Waals surface area contributed by atoms with Gasteiger partial charge in [0, 0.05) is 6.54 Å². The van der Waals surface area contributed by atoms with Crippen LogP contribution in [0, 0.1) is 0 Å². The number of hydrogen-bond donors (Lipinski definition) is 4. The summed E-state index contributed by atoms with van der Waals surface area (Å²) >= 11 is 0. The molecule has 2 aromatic heterocycles. The molecular formula is C9H13N5O2. The number of aliphatic hydroxyl groups excluding tert-OH is 1. The minimum absolute atomic E-state index is 0.189. The smallest absolute Gasteiger partial charge is 0.182 e. The zero-order valence-electron chi connectivity index (χ0n) is 8.80. The summed E-state index contributed by atoms with van der Waals surface area (Å²) in [5, 5.41) is 21.5. The lowest BCUT2D eigenvalue weighted by Crippen LogP contribution is -2.37. The molecule has 7 heteroatoms. The van der Waals surface area contributed by atoms with Crippen molar-refractivity contribution in [1.82, 2.24) is 19.9 Å². The van der Waals surface area contributed by atoms with Gasteiger partial charge in [0.1, 0.15) is 17.4 Å². The van der Waals surface area contributed by atoms with Crippen LogP contribution in [0.2, 0.25) is 0 Å². The van der Waals surface area contributed by atoms with E-state index < -0.39 is 5.60 Å². The Morgan fingerprint density at radius 3 is 3.00 bits per heavy atom. The van der Waals surface area contributed by atoms with Crippen LogP contribution in [0.1, 0.15) is 6.92 Å². The van der Waals surface area contributed by atoms with Crippen LogP contribution in [0.4, 0.5) is 5.82 Å². The fourth-order valence-corrected chi connectivity index (χ4v) is 1.23. The van der Waals surface area contributed by atoms with Crippen molar-refractivity contribution in [2.24, 2.45) is 0 Å². The molecule has 2 rings (SSSR count). The van der Waals surface area contributed by atoms with Gasteiger partial charge in [-0.3, -0.25) is 0 Å². The predicted molar refractivity (Wildman–Crippen MR) is 57.9 cm³/mol. The molecule has 0 aliphatic rings. The summed E-state index contributed by atoms with van der Waals surface area (Å²) in [5.41, 5.74) is 0.0504. The molecular weight excluding hydrogens is 210 g/mol. The first-order chi connectivity index (χ1) is 7.62. The maximum atomic E-state index is 9.63. The van der Waals surface area contributed by atoms with E-state index in [0.29, 0.717) is 17.0 Å². The lowest BCUT2D eigenvalue weighted by atomic mass is 10.1. The molecule has 16 heavy (non-hydrogen) atoms. The van der Waals surface area contributed by atoms with Crippen LogP contribution in [-0.4, -0.2) is 48.9 Å².